The highest BCUT2D eigenvalue weighted by atomic mass is 19.4. The highest BCUT2D eigenvalue weighted by Gasteiger charge is 2.38. The second kappa shape index (κ2) is 20.4. The summed E-state index contributed by atoms with van der Waals surface area (Å²) in [5.74, 6) is -4.66. The van der Waals surface area contributed by atoms with Crippen LogP contribution in [-0.2, 0) is 30.4 Å². The number of aliphatic carboxylic acids is 1. The first-order valence-electron chi connectivity index (χ1n) is 18.8. The van der Waals surface area contributed by atoms with E-state index >= 15 is 0 Å². The van der Waals surface area contributed by atoms with Crippen LogP contribution in [0, 0.1) is 5.92 Å². The van der Waals surface area contributed by atoms with E-state index in [1.807, 2.05) is 44.2 Å². The quantitative estimate of drug-likeness (QED) is 0.0965. The number of benzene rings is 3. The van der Waals surface area contributed by atoms with Crippen LogP contribution in [0.1, 0.15) is 76.9 Å². The molecular formula is C41H47F3N6O8. The Hall–Kier alpha value is -6.10. The van der Waals surface area contributed by atoms with E-state index in [0.717, 1.165) is 5.56 Å². The first-order chi connectivity index (χ1) is 27.5. The van der Waals surface area contributed by atoms with E-state index in [4.69, 9.17) is 15.6 Å². The Morgan fingerprint density at radius 3 is 2.10 bits per heavy atom. The highest BCUT2D eigenvalue weighted by molar-refractivity contribution is 6.30. The van der Waals surface area contributed by atoms with Crippen molar-refractivity contribution in [3.63, 3.8) is 0 Å². The molecule has 0 unspecified atom stereocenters. The Kier molecular flexibility index (Phi) is 15.7. The van der Waals surface area contributed by atoms with Crippen LogP contribution in [0.25, 0.3) is 0 Å². The molecule has 17 heteroatoms. The smallest absolute Gasteiger partial charge is 0.475 e. The summed E-state index contributed by atoms with van der Waals surface area (Å²) < 4.78 is 31.7. The van der Waals surface area contributed by atoms with Gasteiger partial charge in [-0.1, -0.05) is 80.6 Å². The van der Waals surface area contributed by atoms with Crippen molar-refractivity contribution in [2.24, 2.45) is 11.7 Å². The summed E-state index contributed by atoms with van der Waals surface area (Å²) in [5.41, 5.74) is 9.10. The molecule has 1 aliphatic heterocycles. The van der Waals surface area contributed by atoms with Crippen molar-refractivity contribution in [3.05, 3.63) is 101 Å². The molecule has 5 rings (SSSR count). The average Bonchev–Trinajstić information content (AvgIpc) is 3.69. The summed E-state index contributed by atoms with van der Waals surface area (Å²) in [4.78, 5) is 88.9. The molecule has 1 fully saturated rings. The standard InChI is InChI=1S/C39H46N6O6.C2HF3O2/c1-24(2)21-31(44-37(49)29(40)22-25-11-4-3-5-12-25)38(50)43-23-33(46)45-20-9-17-32(45)39(51)42-19-10-18-41-30-16-8-15-28-34(30)36(48)27-14-7-6-13-26(27)35(28)47;3-2(4,5)1(6)7/h3-8,11-16,24,29,31-32,41H,9-10,17-23,40H2,1-2H3,(H,42,51)(H,43,50)(H,44,49);(H,6,7)/t29-,31-,32-;/m0./s1. The summed E-state index contributed by atoms with van der Waals surface area (Å²) in [6.45, 7) is 4.72. The van der Waals surface area contributed by atoms with Gasteiger partial charge in [-0.2, -0.15) is 13.2 Å². The number of carboxylic acids is 1. The van der Waals surface area contributed by atoms with Gasteiger partial charge < -0.3 is 37.0 Å². The molecule has 1 heterocycles. The van der Waals surface area contributed by atoms with E-state index in [9.17, 15) is 41.9 Å². The van der Waals surface area contributed by atoms with Crippen LogP contribution < -0.4 is 27.0 Å². The van der Waals surface area contributed by atoms with Crippen molar-refractivity contribution in [1.29, 1.82) is 0 Å². The number of carboxylic acid groups (broad SMARTS) is 1. The first kappa shape index (κ1) is 44.6. The van der Waals surface area contributed by atoms with Gasteiger partial charge in [0.1, 0.15) is 12.1 Å². The van der Waals surface area contributed by atoms with E-state index in [1.165, 1.54) is 4.90 Å². The Labute approximate surface area is 333 Å². The third-order valence-corrected chi connectivity index (χ3v) is 9.43. The molecule has 2 aliphatic rings. The molecular weight excluding hydrogens is 761 g/mol. The van der Waals surface area contributed by atoms with Crippen molar-refractivity contribution < 1.29 is 51.8 Å². The molecule has 3 aromatic rings. The third kappa shape index (κ3) is 12.0. The highest BCUT2D eigenvalue weighted by Crippen LogP contribution is 2.32. The fourth-order valence-corrected chi connectivity index (χ4v) is 6.60. The number of fused-ring (bicyclic) bond motifs is 2. The van der Waals surface area contributed by atoms with Crippen LogP contribution >= 0.6 is 0 Å². The normalized spacial score (nSPS) is 15.6. The maximum atomic E-state index is 13.2. The fourth-order valence-electron chi connectivity index (χ4n) is 6.60. The lowest BCUT2D eigenvalue weighted by atomic mass is 9.83. The number of hydrogen-bond donors (Lipinski definition) is 6. The zero-order chi connectivity index (χ0) is 42.6. The molecule has 7 N–H and O–H groups in total. The molecule has 0 spiro atoms. The number of nitrogens with zero attached hydrogens (tertiary/aromatic N) is 1. The van der Waals surface area contributed by atoms with Gasteiger partial charge in [0.25, 0.3) is 0 Å². The molecule has 0 bridgehead atoms. The summed E-state index contributed by atoms with van der Waals surface area (Å²) in [6.07, 6.45) is -2.71. The lowest BCUT2D eigenvalue weighted by molar-refractivity contribution is -0.192. The Balaban J connectivity index is 0.000000973. The monoisotopic (exact) mass is 808 g/mol. The minimum Gasteiger partial charge on any atom is -0.475 e. The number of carbonyl (C=O) groups is 7. The van der Waals surface area contributed by atoms with E-state index in [-0.39, 0.29) is 35.8 Å². The van der Waals surface area contributed by atoms with Crippen LogP contribution in [0.4, 0.5) is 18.9 Å². The summed E-state index contributed by atoms with van der Waals surface area (Å²) in [7, 11) is 0. The number of halogens is 3. The van der Waals surface area contributed by atoms with Gasteiger partial charge in [0.2, 0.25) is 23.6 Å². The molecule has 4 amide bonds. The van der Waals surface area contributed by atoms with E-state index in [1.54, 1.807) is 42.5 Å². The van der Waals surface area contributed by atoms with Crippen molar-refractivity contribution in [3.8, 4) is 0 Å². The molecule has 0 aromatic heterocycles. The predicted octanol–water partition coefficient (Wildman–Crippen LogP) is 3.22. The number of carbonyl (C=O) groups excluding carboxylic acids is 6. The second-order valence-corrected chi connectivity index (χ2v) is 14.3. The molecule has 3 atom stereocenters. The lowest BCUT2D eigenvalue weighted by Gasteiger charge is -2.25. The van der Waals surface area contributed by atoms with Crippen LogP contribution in [-0.4, -0.2) is 102 Å². The minimum absolute atomic E-state index is 0.0891. The van der Waals surface area contributed by atoms with Gasteiger partial charge in [-0.15, -0.1) is 0 Å². The largest absolute Gasteiger partial charge is 0.490 e. The van der Waals surface area contributed by atoms with Crippen LogP contribution in [0.5, 0.6) is 0 Å². The fraction of sp³-hybridized carbons (Fsp3) is 0.390. The molecule has 0 radical (unpaired) electrons. The number of anilines is 1. The van der Waals surface area contributed by atoms with Crippen molar-refractivity contribution in [2.75, 3.05) is 31.5 Å². The minimum atomic E-state index is -5.08. The van der Waals surface area contributed by atoms with Crippen LogP contribution in [0.2, 0.25) is 0 Å². The number of hydrogen-bond acceptors (Lipinski definition) is 9. The zero-order valence-electron chi connectivity index (χ0n) is 32.1. The van der Waals surface area contributed by atoms with Gasteiger partial charge in [-0.3, -0.25) is 28.8 Å². The number of ketones is 2. The number of nitrogens with two attached hydrogens (primary N) is 1. The van der Waals surface area contributed by atoms with Gasteiger partial charge in [0.15, 0.2) is 11.6 Å². The third-order valence-electron chi connectivity index (χ3n) is 9.43. The van der Waals surface area contributed by atoms with Crippen molar-refractivity contribution in [2.45, 2.75) is 70.3 Å². The summed E-state index contributed by atoms with van der Waals surface area (Å²) in [6, 6.07) is 19.0. The molecule has 1 saturated heterocycles. The van der Waals surface area contributed by atoms with E-state index in [2.05, 4.69) is 21.3 Å². The molecule has 1 aliphatic carbocycles. The van der Waals surface area contributed by atoms with Gasteiger partial charge in [-0.25, -0.2) is 4.79 Å². The SMILES string of the molecule is CC(C)C[C@H](NC(=O)[C@@H](N)Cc1ccccc1)C(=O)NCC(=O)N1CCC[C@H]1C(=O)NCCCNc1cccc2c1C(=O)c1ccccc1C2=O.O=C(O)C(F)(F)F. The van der Waals surface area contributed by atoms with Gasteiger partial charge >= 0.3 is 12.1 Å². The Morgan fingerprint density at radius 1 is 0.845 bits per heavy atom. The van der Waals surface area contributed by atoms with Crippen LogP contribution in [0.3, 0.4) is 0 Å². The van der Waals surface area contributed by atoms with E-state index in [0.29, 0.717) is 79.7 Å². The van der Waals surface area contributed by atoms with E-state index < -0.39 is 42.1 Å². The molecule has 0 saturated carbocycles. The predicted molar refractivity (Wildman–Crippen MR) is 207 cm³/mol. The average molecular weight is 809 g/mol. The maximum Gasteiger partial charge on any atom is 0.490 e. The summed E-state index contributed by atoms with van der Waals surface area (Å²) in [5, 5.41) is 18.7. The van der Waals surface area contributed by atoms with Crippen molar-refractivity contribution in [1.82, 2.24) is 20.9 Å². The number of alkyl halides is 3. The zero-order valence-corrected chi connectivity index (χ0v) is 32.1. The first-order valence-corrected chi connectivity index (χ1v) is 18.8. The maximum absolute atomic E-state index is 13.2. The van der Waals surface area contributed by atoms with Gasteiger partial charge in [-0.05, 0) is 49.7 Å². The molecule has 3 aromatic carbocycles. The number of amides is 4. The second-order valence-electron chi connectivity index (χ2n) is 14.3. The number of nitrogens with one attached hydrogen (secondary N) is 4. The van der Waals surface area contributed by atoms with Gasteiger partial charge in [0, 0.05) is 42.0 Å². The number of rotatable bonds is 15. The van der Waals surface area contributed by atoms with Crippen molar-refractivity contribution >= 4 is 46.9 Å². The molecule has 58 heavy (non-hydrogen) atoms. The topological polar surface area (TPSA) is 217 Å². The van der Waals surface area contributed by atoms with Gasteiger partial charge in [0.05, 0.1) is 18.2 Å². The molecule has 310 valence electrons. The molecule has 14 nitrogen and oxygen atoms in total. The number of likely N-dealkylation sites (tertiary alicyclic amines) is 1. The Morgan fingerprint density at radius 2 is 1.47 bits per heavy atom. The lowest BCUT2D eigenvalue weighted by Crippen LogP contribution is -2.54. The van der Waals surface area contributed by atoms with Crippen LogP contribution in [0.15, 0.2) is 72.8 Å². The summed E-state index contributed by atoms with van der Waals surface area (Å²) >= 11 is 0. The Bertz CT molecular complexity index is 1990.